The summed E-state index contributed by atoms with van der Waals surface area (Å²) in [6, 6.07) is 17.4. The fraction of sp³-hybridized carbons (Fsp3) is 0. The second-order valence-corrected chi connectivity index (χ2v) is 7.08. The third-order valence-corrected chi connectivity index (χ3v) is 5.16. The molecule has 0 saturated carbocycles. The quantitative estimate of drug-likeness (QED) is 0.391. The minimum atomic E-state index is -0.541. The molecule has 0 aliphatic carbocycles. The third kappa shape index (κ3) is 3.87. The molecule has 8 heteroatoms. The number of fused-ring (bicyclic) bond motifs is 1. The van der Waals surface area contributed by atoms with Gasteiger partial charge >= 0.3 is 0 Å². The Morgan fingerprint density at radius 2 is 1.48 bits per heavy atom. The van der Waals surface area contributed by atoms with Crippen molar-refractivity contribution in [1.82, 2.24) is 15.8 Å². The number of thiophene rings is 1. The Kier molecular flexibility index (Phi) is 5.08. The third-order valence-electron chi connectivity index (χ3n) is 4.29. The standard InChI is InChI=1S/C21H16N4O3S/c26-19(24-25-20(27)15-12-22-16-8-3-1-6-13(15)16)14-7-2-4-9-17(14)23-21(28)18-10-5-11-29-18/h1-12,22H,(H,23,28)(H,24,26)(H,25,27). The Bertz CT molecular complexity index is 1200. The van der Waals surface area contributed by atoms with Crippen LogP contribution in [-0.4, -0.2) is 22.7 Å². The number of hydrazine groups is 1. The number of carbonyl (C=O) groups is 3. The van der Waals surface area contributed by atoms with Gasteiger partial charge in [-0.2, -0.15) is 0 Å². The summed E-state index contributed by atoms with van der Waals surface area (Å²) < 4.78 is 0. The number of hydrogen-bond donors (Lipinski definition) is 4. The number of aromatic amines is 1. The van der Waals surface area contributed by atoms with E-state index in [0.29, 0.717) is 16.1 Å². The van der Waals surface area contributed by atoms with E-state index in [0.717, 1.165) is 10.9 Å². The first-order valence-corrected chi connectivity index (χ1v) is 9.62. The van der Waals surface area contributed by atoms with E-state index in [2.05, 4.69) is 21.2 Å². The van der Waals surface area contributed by atoms with E-state index in [9.17, 15) is 14.4 Å². The van der Waals surface area contributed by atoms with Crippen molar-refractivity contribution in [3.8, 4) is 0 Å². The minimum absolute atomic E-state index is 0.233. The first-order valence-electron chi connectivity index (χ1n) is 8.74. The Labute approximate surface area is 169 Å². The van der Waals surface area contributed by atoms with Crippen LogP contribution in [0.25, 0.3) is 10.9 Å². The maximum atomic E-state index is 12.6. The number of amides is 3. The van der Waals surface area contributed by atoms with Gasteiger partial charge < -0.3 is 10.3 Å². The first kappa shape index (κ1) is 18.5. The van der Waals surface area contributed by atoms with Crippen molar-refractivity contribution in [1.29, 1.82) is 0 Å². The molecule has 2 heterocycles. The Balaban J connectivity index is 1.46. The van der Waals surface area contributed by atoms with E-state index in [4.69, 9.17) is 0 Å². The van der Waals surface area contributed by atoms with Crippen LogP contribution in [0.4, 0.5) is 5.69 Å². The number of H-pyrrole nitrogens is 1. The van der Waals surface area contributed by atoms with E-state index in [1.54, 1.807) is 48.0 Å². The lowest BCUT2D eigenvalue weighted by atomic mass is 10.1. The van der Waals surface area contributed by atoms with Gasteiger partial charge in [0.05, 0.1) is 21.7 Å². The van der Waals surface area contributed by atoms with E-state index in [-0.39, 0.29) is 11.5 Å². The van der Waals surface area contributed by atoms with Crippen molar-refractivity contribution in [2.75, 3.05) is 5.32 Å². The van der Waals surface area contributed by atoms with Gasteiger partial charge in [0, 0.05) is 17.1 Å². The van der Waals surface area contributed by atoms with Crippen molar-refractivity contribution in [3.63, 3.8) is 0 Å². The molecule has 29 heavy (non-hydrogen) atoms. The Morgan fingerprint density at radius 3 is 2.28 bits per heavy atom. The van der Waals surface area contributed by atoms with Gasteiger partial charge in [0.25, 0.3) is 17.7 Å². The molecule has 4 N–H and O–H groups in total. The van der Waals surface area contributed by atoms with Crippen molar-refractivity contribution >= 4 is 45.6 Å². The average molecular weight is 404 g/mol. The largest absolute Gasteiger partial charge is 0.360 e. The summed E-state index contributed by atoms with van der Waals surface area (Å²) in [6.45, 7) is 0. The van der Waals surface area contributed by atoms with Gasteiger partial charge in [-0.1, -0.05) is 36.4 Å². The summed E-state index contributed by atoms with van der Waals surface area (Å²) in [5, 5.41) is 5.28. The van der Waals surface area contributed by atoms with Gasteiger partial charge in [-0.15, -0.1) is 11.3 Å². The lowest BCUT2D eigenvalue weighted by Crippen LogP contribution is -2.41. The van der Waals surface area contributed by atoms with Crippen LogP contribution in [-0.2, 0) is 0 Å². The highest BCUT2D eigenvalue weighted by Gasteiger charge is 2.16. The van der Waals surface area contributed by atoms with Crippen LogP contribution in [0.15, 0.2) is 72.2 Å². The number of benzene rings is 2. The molecule has 0 radical (unpaired) electrons. The molecule has 3 amide bonds. The molecule has 0 bridgehead atoms. The first-order chi connectivity index (χ1) is 14.1. The van der Waals surface area contributed by atoms with E-state index in [1.165, 1.54) is 11.3 Å². The normalized spacial score (nSPS) is 10.5. The highest BCUT2D eigenvalue weighted by molar-refractivity contribution is 7.12. The summed E-state index contributed by atoms with van der Waals surface area (Å²) in [5.74, 6) is -1.29. The Hall–Kier alpha value is -3.91. The molecule has 7 nitrogen and oxygen atoms in total. The smallest absolute Gasteiger partial charge is 0.271 e. The maximum Gasteiger partial charge on any atom is 0.271 e. The fourth-order valence-electron chi connectivity index (χ4n) is 2.89. The van der Waals surface area contributed by atoms with Gasteiger partial charge in [-0.05, 0) is 29.6 Å². The number of rotatable bonds is 4. The zero-order chi connectivity index (χ0) is 20.2. The van der Waals surface area contributed by atoms with Crippen LogP contribution in [0, 0.1) is 0 Å². The molecule has 0 aliphatic rings. The van der Waals surface area contributed by atoms with Crippen molar-refractivity contribution in [2.45, 2.75) is 0 Å². The molecular formula is C21H16N4O3S. The molecular weight excluding hydrogens is 388 g/mol. The molecule has 0 fully saturated rings. The summed E-state index contributed by atoms with van der Waals surface area (Å²) >= 11 is 1.31. The van der Waals surface area contributed by atoms with Gasteiger partial charge in [-0.25, -0.2) is 0 Å². The SMILES string of the molecule is O=C(Nc1ccccc1C(=O)NNC(=O)c1c[nH]c2ccccc12)c1cccs1. The molecule has 0 atom stereocenters. The highest BCUT2D eigenvalue weighted by Crippen LogP contribution is 2.19. The van der Waals surface area contributed by atoms with Crippen molar-refractivity contribution < 1.29 is 14.4 Å². The fourth-order valence-corrected chi connectivity index (χ4v) is 3.51. The molecule has 0 unspecified atom stereocenters. The lowest BCUT2D eigenvalue weighted by Gasteiger charge is -2.11. The van der Waals surface area contributed by atoms with Crippen LogP contribution < -0.4 is 16.2 Å². The van der Waals surface area contributed by atoms with Crippen molar-refractivity contribution in [2.24, 2.45) is 0 Å². The van der Waals surface area contributed by atoms with E-state index in [1.807, 2.05) is 24.3 Å². The number of carbonyl (C=O) groups excluding carboxylic acids is 3. The molecule has 2 aromatic heterocycles. The summed E-state index contributed by atoms with van der Waals surface area (Å²) in [6.07, 6.45) is 1.58. The zero-order valence-corrected chi connectivity index (χ0v) is 15.9. The number of aromatic nitrogens is 1. The average Bonchev–Trinajstić information content (AvgIpc) is 3.42. The number of hydrogen-bond acceptors (Lipinski definition) is 4. The molecule has 0 spiro atoms. The van der Waals surface area contributed by atoms with Crippen molar-refractivity contribution in [3.05, 3.63) is 88.2 Å². The number of anilines is 1. The highest BCUT2D eigenvalue weighted by atomic mass is 32.1. The molecule has 0 saturated heterocycles. The summed E-state index contributed by atoms with van der Waals surface area (Å²) in [5.41, 5.74) is 6.64. The van der Waals surface area contributed by atoms with Gasteiger partial charge in [0.2, 0.25) is 0 Å². The van der Waals surface area contributed by atoms with Crippen LogP contribution >= 0.6 is 11.3 Å². The summed E-state index contributed by atoms with van der Waals surface area (Å²) in [7, 11) is 0. The van der Waals surface area contributed by atoms with E-state index >= 15 is 0 Å². The second kappa shape index (κ2) is 7.99. The maximum absolute atomic E-state index is 12.6. The molecule has 2 aromatic carbocycles. The number of para-hydroxylation sites is 2. The predicted octanol–water partition coefficient (Wildman–Crippen LogP) is 3.56. The van der Waals surface area contributed by atoms with Crippen LogP contribution in [0.5, 0.6) is 0 Å². The topological polar surface area (TPSA) is 103 Å². The monoisotopic (exact) mass is 404 g/mol. The van der Waals surface area contributed by atoms with E-state index < -0.39 is 11.8 Å². The van der Waals surface area contributed by atoms with Crippen LogP contribution in [0.1, 0.15) is 30.4 Å². The molecule has 0 aliphatic heterocycles. The van der Waals surface area contributed by atoms with Gasteiger partial charge in [0.1, 0.15) is 0 Å². The second-order valence-electron chi connectivity index (χ2n) is 6.13. The van der Waals surface area contributed by atoms with Crippen LogP contribution in [0.2, 0.25) is 0 Å². The summed E-state index contributed by atoms with van der Waals surface area (Å²) in [4.78, 5) is 40.9. The van der Waals surface area contributed by atoms with Gasteiger partial charge in [-0.3, -0.25) is 25.2 Å². The van der Waals surface area contributed by atoms with Crippen LogP contribution in [0.3, 0.4) is 0 Å². The molecule has 4 aromatic rings. The zero-order valence-electron chi connectivity index (χ0n) is 15.1. The predicted molar refractivity (Wildman–Crippen MR) is 112 cm³/mol. The lowest BCUT2D eigenvalue weighted by molar-refractivity contribution is 0.0848. The Morgan fingerprint density at radius 1 is 0.759 bits per heavy atom. The molecule has 4 rings (SSSR count). The number of nitrogens with one attached hydrogen (secondary N) is 4. The molecule has 144 valence electrons. The van der Waals surface area contributed by atoms with Gasteiger partial charge in [0.15, 0.2) is 0 Å². The minimum Gasteiger partial charge on any atom is -0.360 e.